The number of aliphatic hydroxyl groups excluding tert-OH is 1. The highest BCUT2D eigenvalue weighted by molar-refractivity contribution is 7.15. The molecule has 0 aliphatic rings. The maximum atomic E-state index is 10.3. The molecule has 104 valence electrons. The van der Waals surface area contributed by atoms with Crippen molar-refractivity contribution in [1.82, 2.24) is 9.38 Å². The van der Waals surface area contributed by atoms with Crippen molar-refractivity contribution in [2.24, 2.45) is 0 Å². The largest absolute Gasteiger partial charge is 0.388 e. The van der Waals surface area contributed by atoms with E-state index < -0.39 is 6.10 Å². The van der Waals surface area contributed by atoms with Gasteiger partial charge in [0.15, 0.2) is 4.96 Å². The first kappa shape index (κ1) is 13.3. The molecule has 0 amide bonds. The molecule has 1 unspecified atom stereocenters. The molecule has 1 N–H and O–H groups in total. The summed E-state index contributed by atoms with van der Waals surface area (Å²) in [6.07, 6.45) is 4.02. The van der Waals surface area contributed by atoms with Gasteiger partial charge in [-0.15, -0.1) is 11.3 Å². The molecule has 0 bridgehead atoms. The van der Waals surface area contributed by atoms with E-state index in [0.717, 1.165) is 16.2 Å². The molecule has 1 atom stereocenters. The van der Waals surface area contributed by atoms with Crippen molar-refractivity contribution in [3.05, 3.63) is 58.9 Å². The molecule has 2 heterocycles. The SMILES string of the molecule is CC(C)c1ccc(C(O)Cc2cn3ccsc3n2)cc1. The monoisotopic (exact) mass is 286 g/mol. The van der Waals surface area contributed by atoms with E-state index in [1.165, 1.54) is 5.56 Å². The highest BCUT2D eigenvalue weighted by atomic mass is 32.1. The molecule has 1 aromatic carbocycles. The van der Waals surface area contributed by atoms with Gasteiger partial charge in [0, 0.05) is 24.2 Å². The Kier molecular flexibility index (Phi) is 3.59. The summed E-state index contributed by atoms with van der Waals surface area (Å²) in [6.45, 7) is 4.34. The second kappa shape index (κ2) is 5.38. The van der Waals surface area contributed by atoms with Crippen LogP contribution in [0.4, 0.5) is 0 Å². The fourth-order valence-electron chi connectivity index (χ4n) is 2.29. The maximum Gasteiger partial charge on any atom is 0.193 e. The number of thiazole rings is 1. The normalized spacial score (nSPS) is 13.2. The van der Waals surface area contributed by atoms with Crippen LogP contribution in [0.2, 0.25) is 0 Å². The van der Waals surface area contributed by atoms with E-state index >= 15 is 0 Å². The Bertz CT molecular complexity index is 668. The Hall–Kier alpha value is -1.65. The molecule has 0 saturated carbocycles. The fourth-order valence-corrected chi connectivity index (χ4v) is 3.01. The average molecular weight is 286 g/mol. The van der Waals surface area contributed by atoms with Gasteiger partial charge in [0.05, 0.1) is 11.8 Å². The lowest BCUT2D eigenvalue weighted by molar-refractivity contribution is 0.177. The lowest BCUT2D eigenvalue weighted by atomic mass is 9.98. The van der Waals surface area contributed by atoms with Gasteiger partial charge in [0.2, 0.25) is 0 Å². The zero-order valence-corrected chi connectivity index (χ0v) is 12.5. The molecule has 0 saturated heterocycles. The van der Waals surface area contributed by atoms with Crippen LogP contribution >= 0.6 is 11.3 Å². The summed E-state index contributed by atoms with van der Waals surface area (Å²) < 4.78 is 1.99. The van der Waals surface area contributed by atoms with Crippen LogP contribution in [-0.4, -0.2) is 14.5 Å². The minimum Gasteiger partial charge on any atom is -0.388 e. The predicted octanol–water partition coefficient (Wildman–Crippen LogP) is 3.80. The molecule has 3 rings (SSSR count). The maximum absolute atomic E-state index is 10.3. The summed E-state index contributed by atoms with van der Waals surface area (Å²) in [5, 5.41) is 12.3. The van der Waals surface area contributed by atoms with Crippen LogP contribution in [0.15, 0.2) is 42.0 Å². The molecular formula is C16H18N2OS. The van der Waals surface area contributed by atoms with Crippen LogP contribution in [-0.2, 0) is 6.42 Å². The van der Waals surface area contributed by atoms with E-state index in [1.807, 2.05) is 34.3 Å². The predicted molar refractivity (Wildman–Crippen MR) is 82.3 cm³/mol. The van der Waals surface area contributed by atoms with E-state index in [1.54, 1.807) is 11.3 Å². The molecule has 0 spiro atoms. The van der Waals surface area contributed by atoms with Crippen LogP contribution in [0.25, 0.3) is 4.96 Å². The second-order valence-electron chi connectivity index (χ2n) is 5.37. The quantitative estimate of drug-likeness (QED) is 0.792. The number of fused-ring (bicyclic) bond motifs is 1. The van der Waals surface area contributed by atoms with Crippen LogP contribution in [0.3, 0.4) is 0 Å². The Morgan fingerprint density at radius 3 is 2.55 bits per heavy atom. The van der Waals surface area contributed by atoms with Crippen LogP contribution in [0, 0.1) is 0 Å². The molecule has 0 aliphatic carbocycles. The van der Waals surface area contributed by atoms with Gasteiger partial charge in [-0.2, -0.15) is 0 Å². The molecule has 0 radical (unpaired) electrons. The summed E-state index contributed by atoms with van der Waals surface area (Å²) in [5.74, 6) is 0.515. The number of imidazole rings is 1. The first-order valence-electron chi connectivity index (χ1n) is 6.82. The van der Waals surface area contributed by atoms with Gasteiger partial charge in [-0.25, -0.2) is 4.98 Å². The van der Waals surface area contributed by atoms with Crippen molar-refractivity contribution in [3.8, 4) is 0 Å². The number of aromatic nitrogens is 2. The standard InChI is InChI=1S/C16H18N2OS/c1-11(2)12-3-5-13(6-4-12)15(19)9-14-10-18-7-8-20-16(18)17-14/h3-8,10-11,15,19H,9H2,1-2H3. The molecule has 0 fully saturated rings. The van der Waals surface area contributed by atoms with E-state index in [2.05, 4.69) is 31.0 Å². The first-order chi connectivity index (χ1) is 9.63. The summed E-state index contributed by atoms with van der Waals surface area (Å²) in [7, 11) is 0. The van der Waals surface area contributed by atoms with Crippen molar-refractivity contribution in [2.45, 2.75) is 32.3 Å². The van der Waals surface area contributed by atoms with Crippen molar-refractivity contribution >= 4 is 16.3 Å². The van der Waals surface area contributed by atoms with Gasteiger partial charge < -0.3 is 5.11 Å². The van der Waals surface area contributed by atoms with Gasteiger partial charge >= 0.3 is 0 Å². The number of aliphatic hydroxyl groups is 1. The second-order valence-corrected chi connectivity index (χ2v) is 6.24. The van der Waals surface area contributed by atoms with Crippen LogP contribution < -0.4 is 0 Å². The third-order valence-electron chi connectivity index (χ3n) is 3.53. The molecule has 3 nitrogen and oxygen atoms in total. The highest BCUT2D eigenvalue weighted by Gasteiger charge is 2.12. The highest BCUT2D eigenvalue weighted by Crippen LogP contribution is 2.22. The van der Waals surface area contributed by atoms with Gasteiger partial charge in [-0.05, 0) is 17.0 Å². The smallest absolute Gasteiger partial charge is 0.193 e. The number of hydrogen-bond acceptors (Lipinski definition) is 3. The number of hydrogen-bond donors (Lipinski definition) is 1. The Morgan fingerprint density at radius 1 is 1.20 bits per heavy atom. The molecule has 0 aliphatic heterocycles. The number of nitrogens with zero attached hydrogens (tertiary/aromatic N) is 2. The number of benzene rings is 1. The lowest BCUT2D eigenvalue weighted by Gasteiger charge is -2.11. The van der Waals surface area contributed by atoms with Crippen LogP contribution in [0.1, 0.15) is 42.7 Å². The Balaban J connectivity index is 1.75. The zero-order valence-electron chi connectivity index (χ0n) is 11.7. The molecule has 4 heteroatoms. The van der Waals surface area contributed by atoms with Crippen molar-refractivity contribution in [1.29, 1.82) is 0 Å². The zero-order chi connectivity index (χ0) is 14.1. The van der Waals surface area contributed by atoms with Gasteiger partial charge in [0.25, 0.3) is 0 Å². The van der Waals surface area contributed by atoms with Crippen molar-refractivity contribution in [2.75, 3.05) is 0 Å². The molecule has 3 aromatic rings. The third kappa shape index (κ3) is 2.62. The average Bonchev–Trinajstić information content (AvgIpc) is 2.99. The minimum atomic E-state index is -0.499. The van der Waals surface area contributed by atoms with Crippen molar-refractivity contribution < 1.29 is 5.11 Å². The first-order valence-corrected chi connectivity index (χ1v) is 7.70. The minimum absolute atomic E-state index is 0.499. The van der Waals surface area contributed by atoms with Gasteiger partial charge in [-0.1, -0.05) is 38.1 Å². The van der Waals surface area contributed by atoms with E-state index in [-0.39, 0.29) is 0 Å². The summed E-state index contributed by atoms with van der Waals surface area (Å²) >= 11 is 1.61. The molecule has 2 aromatic heterocycles. The molecule has 20 heavy (non-hydrogen) atoms. The summed E-state index contributed by atoms with van der Waals surface area (Å²) in [5.41, 5.74) is 3.17. The fraction of sp³-hybridized carbons (Fsp3) is 0.312. The van der Waals surface area contributed by atoms with Crippen LogP contribution in [0.5, 0.6) is 0 Å². The summed E-state index contributed by atoms with van der Waals surface area (Å²) in [4.78, 5) is 5.48. The van der Waals surface area contributed by atoms with E-state index in [4.69, 9.17) is 0 Å². The summed E-state index contributed by atoms with van der Waals surface area (Å²) in [6, 6.07) is 8.21. The Morgan fingerprint density at radius 2 is 1.90 bits per heavy atom. The third-order valence-corrected chi connectivity index (χ3v) is 4.30. The molecular weight excluding hydrogens is 268 g/mol. The topological polar surface area (TPSA) is 37.5 Å². The lowest BCUT2D eigenvalue weighted by Crippen LogP contribution is -2.02. The van der Waals surface area contributed by atoms with Crippen molar-refractivity contribution in [3.63, 3.8) is 0 Å². The number of rotatable bonds is 4. The van der Waals surface area contributed by atoms with E-state index in [0.29, 0.717) is 12.3 Å². The van der Waals surface area contributed by atoms with E-state index in [9.17, 15) is 5.11 Å². The van der Waals surface area contributed by atoms with Gasteiger partial charge in [0.1, 0.15) is 0 Å². The van der Waals surface area contributed by atoms with Gasteiger partial charge in [-0.3, -0.25) is 4.40 Å². The Labute approximate surface area is 122 Å².